The lowest BCUT2D eigenvalue weighted by Crippen LogP contribution is -2.28. The van der Waals surface area contributed by atoms with Crippen LogP contribution in [0.4, 0.5) is 5.69 Å². The number of hydrogen-bond acceptors (Lipinski definition) is 5. The summed E-state index contributed by atoms with van der Waals surface area (Å²) in [4.78, 5) is 22.2. The Morgan fingerprint density at radius 3 is 2.36 bits per heavy atom. The van der Waals surface area contributed by atoms with Crippen LogP contribution in [-0.2, 0) is 4.79 Å². The first-order valence-electron chi connectivity index (χ1n) is 7.59. The van der Waals surface area contributed by atoms with E-state index in [0.717, 1.165) is 4.68 Å². The summed E-state index contributed by atoms with van der Waals surface area (Å²) >= 11 is 30.2. The van der Waals surface area contributed by atoms with E-state index in [-0.39, 0.29) is 51.4 Å². The Labute approximate surface area is 184 Å². The highest BCUT2D eigenvalue weighted by Gasteiger charge is 2.35. The van der Waals surface area contributed by atoms with Crippen LogP contribution >= 0.6 is 58.0 Å². The Morgan fingerprint density at radius 2 is 1.89 bits per heavy atom. The molecule has 2 aromatic rings. The zero-order chi connectivity index (χ0) is 21.2. The van der Waals surface area contributed by atoms with E-state index in [1.807, 2.05) is 0 Å². The van der Waals surface area contributed by atoms with Crippen molar-refractivity contribution in [3.8, 4) is 11.6 Å². The summed E-state index contributed by atoms with van der Waals surface area (Å²) in [6.45, 7) is 1.51. The molecule has 0 bridgehead atoms. The van der Waals surface area contributed by atoms with Crippen molar-refractivity contribution in [2.45, 2.75) is 11.8 Å². The smallest absolute Gasteiger partial charge is 0.356 e. The molecule has 0 aliphatic heterocycles. The fourth-order valence-electron chi connectivity index (χ4n) is 2.21. The molecular weight excluding hydrogens is 477 g/mol. The molecule has 8 nitrogen and oxygen atoms in total. The second-order valence-electron chi connectivity index (χ2n) is 5.52. The van der Waals surface area contributed by atoms with E-state index in [1.54, 1.807) is 7.05 Å². The molecule has 0 atom stereocenters. The van der Waals surface area contributed by atoms with Crippen molar-refractivity contribution in [2.75, 3.05) is 20.2 Å². The standard InChI is InChI=1S/C15H13Cl5N4O4/c1-7(25)22(2)3-4-28-15-13(24(26)27)12(14(19)20)23(21-15)11-9(17)5-8(16)6-10(11)18/h5-6,14H,3-4H2,1-2H3. The minimum atomic E-state index is -1.34. The maximum atomic E-state index is 11.6. The van der Waals surface area contributed by atoms with Crippen LogP contribution in [-0.4, -0.2) is 45.7 Å². The quantitative estimate of drug-likeness (QED) is 0.307. The Kier molecular flexibility index (Phi) is 7.64. The Balaban J connectivity index is 2.56. The van der Waals surface area contributed by atoms with E-state index in [0.29, 0.717) is 0 Å². The van der Waals surface area contributed by atoms with E-state index in [4.69, 9.17) is 62.7 Å². The third kappa shape index (κ3) is 4.93. The summed E-state index contributed by atoms with van der Waals surface area (Å²) in [5, 5.41) is 16.1. The second-order valence-corrected chi connectivity index (χ2v) is 7.86. The monoisotopic (exact) mass is 488 g/mol. The van der Waals surface area contributed by atoms with Crippen molar-refractivity contribution in [2.24, 2.45) is 0 Å². The molecule has 13 heteroatoms. The fraction of sp³-hybridized carbons (Fsp3) is 0.333. The highest BCUT2D eigenvalue weighted by Crippen LogP contribution is 2.43. The molecule has 1 aromatic carbocycles. The van der Waals surface area contributed by atoms with E-state index >= 15 is 0 Å². The number of aromatic nitrogens is 2. The number of carbonyl (C=O) groups is 1. The van der Waals surface area contributed by atoms with Gasteiger partial charge in [-0.25, -0.2) is 4.68 Å². The molecule has 28 heavy (non-hydrogen) atoms. The normalized spacial score (nSPS) is 11.0. The van der Waals surface area contributed by atoms with Crippen LogP contribution in [0.5, 0.6) is 5.88 Å². The van der Waals surface area contributed by atoms with Gasteiger partial charge in [-0.05, 0) is 12.1 Å². The highest BCUT2D eigenvalue weighted by atomic mass is 35.5. The first kappa shape index (κ1) is 22.8. The zero-order valence-corrected chi connectivity index (χ0v) is 18.2. The summed E-state index contributed by atoms with van der Waals surface area (Å²) in [7, 11) is 1.56. The number of rotatable bonds is 7. The average molecular weight is 491 g/mol. The number of amides is 1. The van der Waals surface area contributed by atoms with Gasteiger partial charge in [0, 0.05) is 19.0 Å². The van der Waals surface area contributed by atoms with Gasteiger partial charge >= 0.3 is 11.6 Å². The zero-order valence-electron chi connectivity index (χ0n) is 14.5. The molecule has 1 heterocycles. The molecule has 0 radical (unpaired) electrons. The Hall–Kier alpha value is -1.45. The van der Waals surface area contributed by atoms with Crippen molar-refractivity contribution >= 4 is 69.6 Å². The molecule has 2 rings (SSSR count). The SMILES string of the molecule is CC(=O)N(C)CCOc1nn(-c2c(Cl)cc(Cl)cc2Cl)c(C(Cl)Cl)c1[N+](=O)[O-]. The first-order valence-corrected chi connectivity index (χ1v) is 9.60. The molecule has 0 saturated carbocycles. The third-order valence-electron chi connectivity index (χ3n) is 3.65. The molecule has 0 aliphatic rings. The van der Waals surface area contributed by atoms with Gasteiger partial charge in [-0.1, -0.05) is 58.0 Å². The van der Waals surface area contributed by atoms with Crippen LogP contribution in [0.2, 0.25) is 15.1 Å². The van der Waals surface area contributed by atoms with Gasteiger partial charge < -0.3 is 9.64 Å². The molecule has 0 saturated heterocycles. The summed E-state index contributed by atoms with van der Waals surface area (Å²) in [6, 6.07) is 2.78. The second kappa shape index (κ2) is 9.37. The maximum absolute atomic E-state index is 11.6. The highest BCUT2D eigenvalue weighted by molar-refractivity contribution is 6.44. The summed E-state index contributed by atoms with van der Waals surface area (Å²) < 4.78 is 6.47. The lowest BCUT2D eigenvalue weighted by atomic mass is 10.3. The van der Waals surface area contributed by atoms with Crippen LogP contribution in [0.3, 0.4) is 0 Å². The summed E-state index contributed by atoms with van der Waals surface area (Å²) in [5.74, 6) is -0.532. The molecule has 0 N–H and O–H groups in total. The number of hydrogen-bond donors (Lipinski definition) is 0. The van der Waals surface area contributed by atoms with Crippen molar-refractivity contribution in [3.63, 3.8) is 0 Å². The molecule has 1 amide bonds. The van der Waals surface area contributed by atoms with E-state index in [1.165, 1.54) is 24.0 Å². The van der Waals surface area contributed by atoms with Gasteiger partial charge in [0.1, 0.15) is 12.3 Å². The number of ether oxygens (including phenoxy) is 1. The predicted molar refractivity (Wildman–Crippen MR) is 109 cm³/mol. The lowest BCUT2D eigenvalue weighted by Gasteiger charge is -2.13. The van der Waals surface area contributed by atoms with Gasteiger partial charge in [-0.2, -0.15) is 0 Å². The van der Waals surface area contributed by atoms with E-state index < -0.39 is 15.4 Å². The Morgan fingerprint density at radius 1 is 1.32 bits per heavy atom. The van der Waals surface area contributed by atoms with Crippen molar-refractivity contribution in [1.82, 2.24) is 14.7 Å². The lowest BCUT2D eigenvalue weighted by molar-refractivity contribution is -0.386. The number of nitro groups is 1. The molecular formula is C15H13Cl5N4O4. The van der Waals surface area contributed by atoms with Crippen LogP contribution in [0.15, 0.2) is 12.1 Å². The van der Waals surface area contributed by atoms with E-state index in [2.05, 4.69) is 5.10 Å². The van der Waals surface area contributed by atoms with E-state index in [9.17, 15) is 14.9 Å². The number of nitrogens with zero attached hydrogens (tertiary/aromatic N) is 4. The van der Waals surface area contributed by atoms with Gasteiger partial charge in [-0.15, -0.1) is 5.10 Å². The van der Waals surface area contributed by atoms with Crippen LogP contribution in [0, 0.1) is 10.1 Å². The Bertz CT molecular complexity index is 895. The molecule has 0 unspecified atom stereocenters. The van der Waals surface area contributed by atoms with Gasteiger partial charge in [-0.3, -0.25) is 14.9 Å². The van der Waals surface area contributed by atoms with Gasteiger partial charge in [0.25, 0.3) is 0 Å². The minimum absolute atomic E-state index is 0.0509. The van der Waals surface area contributed by atoms with Crippen molar-refractivity contribution in [3.05, 3.63) is 43.0 Å². The van der Waals surface area contributed by atoms with Crippen molar-refractivity contribution in [1.29, 1.82) is 0 Å². The third-order valence-corrected chi connectivity index (χ3v) is 4.86. The summed E-state index contributed by atoms with van der Waals surface area (Å²) in [6.07, 6.45) is 0. The fourth-order valence-corrected chi connectivity index (χ4v) is 3.58. The van der Waals surface area contributed by atoms with Crippen LogP contribution in [0.25, 0.3) is 5.69 Å². The van der Waals surface area contributed by atoms with Gasteiger partial charge in [0.2, 0.25) is 5.91 Å². The van der Waals surface area contributed by atoms with Gasteiger partial charge in [0.05, 0.1) is 21.5 Å². The molecule has 1 aromatic heterocycles. The number of alkyl halides is 2. The number of halogens is 5. The summed E-state index contributed by atoms with van der Waals surface area (Å²) in [5.41, 5.74) is -0.621. The average Bonchev–Trinajstić information content (AvgIpc) is 2.93. The topological polar surface area (TPSA) is 90.5 Å². The molecule has 0 fully saturated rings. The first-order chi connectivity index (χ1) is 13.0. The van der Waals surface area contributed by atoms with Crippen LogP contribution in [0.1, 0.15) is 17.5 Å². The largest absolute Gasteiger partial charge is 0.470 e. The number of benzene rings is 1. The van der Waals surface area contributed by atoms with Crippen molar-refractivity contribution < 1.29 is 14.5 Å². The molecule has 0 aliphatic carbocycles. The molecule has 152 valence electrons. The predicted octanol–water partition coefficient (Wildman–Crippen LogP) is 5.07. The number of likely N-dealkylation sites (N-methyl/N-ethyl adjacent to an activating group) is 1. The minimum Gasteiger partial charge on any atom is -0.470 e. The number of carbonyl (C=O) groups excluding carboxylic acids is 1. The maximum Gasteiger partial charge on any atom is 0.356 e. The molecule has 0 spiro atoms. The van der Waals surface area contributed by atoms with Crippen LogP contribution < -0.4 is 4.74 Å². The van der Waals surface area contributed by atoms with Gasteiger partial charge in [0.15, 0.2) is 10.5 Å².